The molecule has 1 aromatic carbocycles. The van der Waals surface area contributed by atoms with E-state index in [9.17, 15) is 13.0 Å². The predicted octanol–water partition coefficient (Wildman–Crippen LogP) is 3.06. The van der Waals surface area contributed by atoms with Crippen LogP contribution in [0.5, 0.6) is 0 Å². The molecule has 1 heterocycles. The van der Waals surface area contributed by atoms with Gasteiger partial charge in [0.05, 0.1) is 10.3 Å². The van der Waals surface area contributed by atoms with Gasteiger partial charge in [0.15, 0.2) is 0 Å². The fraction of sp³-hybridized carbons (Fsp3) is 0.125. The molecule has 5 heteroatoms. The van der Waals surface area contributed by atoms with E-state index < -0.39 is 15.5 Å². The number of rotatable bonds is 4. The summed E-state index contributed by atoms with van der Waals surface area (Å²) in [7, 11) is -2.55. The Kier molecular flexibility index (Phi) is 4.16. The second-order valence-electron chi connectivity index (χ2n) is 4.83. The highest BCUT2D eigenvalue weighted by atomic mass is 32.2. The highest BCUT2D eigenvalue weighted by Gasteiger charge is 2.35. The van der Waals surface area contributed by atoms with Crippen LogP contribution in [-0.2, 0) is 10.1 Å². The molecule has 0 aromatic heterocycles. The lowest BCUT2D eigenvalue weighted by Gasteiger charge is -2.29. The highest BCUT2D eigenvalue weighted by molar-refractivity contribution is 7.90. The number of benzene rings is 1. The molecule has 0 atom stereocenters. The summed E-state index contributed by atoms with van der Waals surface area (Å²) in [6, 6.07) is 8.97. The fourth-order valence-corrected chi connectivity index (χ4v) is 3.06. The smallest absolute Gasteiger partial charge is 0.292 e. The van der Waals surface area contributed by atoms with Gasteiger partial charge >= 0.3 is 0 Å². The lowest BCUT2D eigenvalue weighted by molar-refractivity contribution is 0.482. The Morgan fingerprint density at radius 3 is 2.29 bits per heavy atom. The van der Waals surface area contributed by atoms with Crippen molar-refractivity contribution in [3.8, 4) is 0 Å². The summed E-state index contributed by atoms with van der Waals surface area (Å²) in [5.74, 6) is 0. The van der Waals surface area contributed by atoms with Crippen molar-refractivity contribution in [2.75, 3.05) is 7.05 Å². The van der Waals surface area contributed by atoms with E-state index in [0.29, 0.717) is 5.56 Å². The largest absolute Gasteiger partial charge is 0.358 e. The molecule has 110 valence electrons. The molecule has 1 N–H and O–H groups in total. The molecule has 21 heavy (non-hydrogen) atoms. The third-order valence-electron chi connectivity index (χ3n) is 3.31. The summed E-state index contributed by atoms with van der Waals surface area (Å²) < 4.78 is 33.3. The maximum Gasteiger partial charge on any atom is 0.292 e. The standard InChI is InChI=1S/C16H17NO3S/c1-3-16(9-11-17(2)12-10-16)15(21(18,19)20)13-14-7-5-4-6-8-14/h3-13H,1H2,2H3,(H,18,19,20). The third-order valence-corrected chi connectivity index (χ3v) is 4.34. The van der Waals surface area contributed by atoms with E-state index in [2.05, 4.69) is 6.58 Å². The zero-order chi connectivity index (χ0) is 15.5. The lowest BCUT2D eigenvalue weighted by atomic mass is 9.85. The summed E-state index contributed by atoms with van der Waals surface area (Å²) in [6.07, 6.45) is 9.77. The zero-order valence-electron chi connectivity index (χ0n) is 11.7. The number of allylic oxidation sites excluding steroid dienone is 4. The first-order valence-corrected chi connectivity index (χ1v) is 7.80. The minimum atomic E-state index is -4.38. The summed E-state index contributed by atoms with van der Waals surface area (Å²) in [4.78, 5) is 1.66. The van der Waals surface area contributed by atoms with E-state index in [1.165, 1.54) is 12.2 Å². The van der Waals surface area contributed by atoms with Gasteiger partial charge in [-0.3, -0.25) is 4.55 Å². The van der Waals surface area contributed by atoms with Crippen LogP contribution in [0.4, 0.5) is 0 Å². The molecule has 0 spiro atoms. The van der Waals surface area contributed by atoms with Gasteiger partial charge in [-0.15, -0.1) is 6.58 Å². The van der Waals surface area contributed by atoms with Crippen LogP contribution in [0.25, 0.3) is 6.08 Å². The lowest BCUT2D eigenvalue weighted by Crippen LogP contribution is -2.25. The van der Waals surface area contributed by atoms with Gasteiger partial charge in [0.2, 0.25) is 0 Å². The van der Waals surface area contributed by atoms with E-state index in [1.807, 2.05) is 13.1 Å². The van der Waals surface area contributed by atoms with Crippen LogP contribution in [0, 0.1) is 5.41 Å². The molecule has 1 aromatic rings. The molecule has 0 unspecified atom stereocenters. The molecular formula is C16H17NO3S. The predicted molar refractivity (Wildman–Crippen MR) is 84.6 cm³/mol. The Bertz CT molecular complexity index is 701. The number of hydrogen-bond donors (Lipinski definition) is 1. The van der Waals surface area contributed by atoms with Gasteiger partial charge in [-0.05, 0) is 23.8 Å². The molecule has 0 amide bonds. The molecule has 1 aliphatic heterocycles. The summed E-state index contributed by atoms with van der Waals surface area (Å²) >= 11 is 0. The van der Waals surface area contributed by atoms with Crippen LogP contribution in [0.3, 0.4) is 0 Å². The Morgan fingerprint density at radius 1 is 1.24 bits per heavy atom. The second-order valence-corrected chi connectivity index (χ2v) is 6.22. The van der Waals surface area contributed by atoms with Gasteiger partial charge in [0.25, 0.3) is 10.1 Å². The summed E-state index contributed by atoms with van der Waals surface area (Å²) in [5.41, 5.74) is -0.372. The first kappa shape index (κ1) is 15.3. The average molecular weight is 303 g/mol. The van der Waals surface area contributed by atoms with E-state index in [-0.39, 0.29) is 4.91 Å². The monoisotopic (exact) mass is 303 g/mol. The number of hydrogen-bond acceptors (Lipinski definition) is 3. The fourth-order valence-electron chi connectivity index (χ4n) is 2.11. The van der Waals surface area contributed by atoms with Crippen molar-refractivity contribution < 1.29 is 13.0 Å². The van der Waals surface area contributed by atoms with Gasteiger partial charge in [-0.2, -0.15) is 8.42 Å². The van der Waals surface area contributed by atoms with Gasteiger partial charge in [-0.25, -0.2) is 0 Å². The Hall–Kier alpha value is -2.11. The molecule has 4 nitrogen and oxygen atoms in total. The minimum absolute atomic E-state index is 0.128. The minimum Gasteiger partial charge on any atom is -0.358 e. The second kappa shape index (κ2) is 5.71. The van der Waals surface area contributed by atoms with Crippen LogP contribution in [-0.4, -0.2) is 24.9 Å². The van der Waals surface area contributed by atoms with Crippen LogP contribution >= 0.6 is 0 Å². The topological polar surface area (TPSA) is 57.6 Å². The van der Waals surface area contributed by atoms with E-state index in [4.69, 9.17) is 0 Å². The van der Waals surface area contributed by atoms with E-state index >= 15 is 0 Å². The Balaban J connectivity index is 2.62. The van der Waals surface area contributed by atoms with Crippen LogP contribution in [0.2, 0.25) is 0 Å². The summed E-state index contributed by atoms with van der Waals surface area (Å²) in [5, 5.41) is 0. The Morgan fingerprint density at radius 2 is 1.81 bits per heavy atom. The van der Waals surface area contributed by atoms with Gasteiger partial charge < -0.3 is 4.90 Å². The molecule has 2 rings (SSSR count). The van der Waals surface area contributed by atoms with Crippen molar-refractivity contribution >= 4 is 16.2 Å². The first-order valence-electron chi connectivity index (χ1n) is 6.36. The Labute approximate surface area is 125 Å². The first-order chi connectivity index (χ1) is 9.87. The van der Waals surface area contributed by atoms with E-state index in [0.717, 1.165) is 0 Å². The normalized spacial score (nSPS) is 17.8. The molecule has 0 saturated heterocycles. The van der Waals surface area contributed by atoms with Gasteiger partial charge in [0.1, 0.15) is 0 Å². The molecule has 1 aliphatic rings. The quantitative estimate of drug-likeness (QED) is 0.686. The van der Waals surface area contributed by atoms with Crippen molar-refractivity contribution in [3.05, 3.63) is 78.0 Å². The van der Waals surface area contributed by atoms with Crippen molar-refractivity contribution in [3.63, 3.8) is 0 Å². The van der Waals surface area contributed by atoms with Gasteiger partial charge in [-0.1, -0.05) is 36.4 Å². The van der Waals surface area contributed by atoms with Crippen molar-refractivity contribution in [2.24, 2.45) is 5.41 Å². The SMILES string of the molecule is C=CC1(C(=Cc2ccccc2)S(=O)(=O)O)C=CN(C)C=C1. The molecule has 0 radical (unpaired) electrons. The zero-order valence-corrected chi connectivity index (χ0v) is 12.5. The van der Waals surface area contributed by atoms with Crippen molar-refractivity contribution in [1.29, 1.82) is 0 Å². The highest BCUT2D eigenvalue weighted by Crippen LogP contribution is 2.38. The molecular weight excluding hydrogens is 286 g/mol. The average Bonchev–Trinajstić information content (AvgIpc) is 2.46. The van der Waals surface area contributed by atoms with E-state index in [1.54, 1.807) is 53.7 Å². The van der Waals surface area contributed by atoms with Gasteiger partial charge in [0, 0.05) is 19.4 Å². The molecule has 0 saturated carbocycles. The maximum atomic E-state index is 11.8. The molecule has 0 bridgehead atoms. The van der Waals surface area contributed by atoms with Crippen LogP contribution < -0.4 is 0 Å². The molecule has 0 fully saturated rings. The molecule has 0 aliphatic carbocycles. The number of nitrogens with zero attached hydrogens (tertiary/aromatic N) is 1. The summed E-state index contributed by atoms with van der Waals surface area (Å²) in [6.45, 7) is 3.72. The van der Waals surface area contributed by atoms with Crippen molar-refractivity contribution in [2.45, 2.75) is 0 Å². The van der Waals surface area contributed by atoms with Crippen LogP contribution in [0.1, 0.15) is 5.56 Å². The van der Waals surface area contributed by atoms with Crippen LogP contribution in [0.15, 0.2) is 72.4 Å². The van der Waals surface area contributed by atoms with Crippen molar-refractivity contribution in [1.82, 2.24) is 4.90 Å². The third kappa shape index (κ3) is 3.32. The maximum absolute atomic E-state index is 11.8.